The first kappa shape index (κ1) is 15.2. The Balaban J connectivity index is 4.82. The molecule has 0 heterocycles. The molecule has 0 radical (unpaired) electrons. The Hall–Kier alpha value is -0.850. The van der Waals surface area contributed by atoms with E-state index in [1.165, 1.54) is 0 Å². The van der Waals surface area contributed by atoms with Gasteiger partial charge >= 0.3 is 0 Å². The van der Waals surface area contributed by atoms with Gasteiger partial charge in [0.2, 0.25) is 0 Å². The Kier molecular flexibility index (Phi) is 7.88. The molecule has 0 aliphatic heterocycles. The highest BCUT2D eigenvalue weighted by molar-refractivity contribution is 5.25. The minimum atomic E-state index is -0.0551. The summed E-state index contributed by atoms with van der Waals surface area (Å²) in [6, 6.07) is 0. The van der Waals surface area contributed by atoms with Crippen LogP contribution in [0, 0.1) is 5.92 Å². The van der Waals surface area contributed by atoms with Gasteiger partial charge in [0.05, 0.1) is 0 Å². The first-order chi connectivity index (χ1) is 7.52. The Morgan fingerprint density at radius 2 is 2.00 bits per heavy atom. The molecule has 0 aromatic rings. The van der Waals surface area contributed by atoms with E-state index in [1.807, 2.05) is 26.0 Å². The third kappa shape index (κ3) is 5.89. The van der Waals surface area contributed by atoms with Crippen molar-refractivity contribution in [2.75, 3.05) is 0 Å². The summed E-state index contributed by atoms with van der Waals surface area (Å²) >= 11 is 0. The van der Waals surface area contributed by atoms with E-state index in [4.69, 9.17) is 0 Å². The molecule has 1 heteroatoms. The van der Waals surface area contributed by atoms with Crippen LogP contribution in [0.4, 0.5) is 4.39 Å². The van der Waals surface area contributed by atoms with Gasteiger partial charge in [0.25, 0.3) is 0 Å². The Morgan fingerprint density at radius 3 is 2.38 bits per heavy atom. The summed E-state index contributed by atoms with van der Waals surface area (Å²) in [5, 5.41) is 0. The van der Waals surface area contributed by atoms with Gasteiger partial charge < -0.3 is 0 Å². The lowest BCUT2D eigenvalue weighted by Gasteiger charge is -2.18. The number of unbranched alkanes of at least 4 members (excludes halogenated alkanes) is 1. The summed E-state index contributed by atoms with van der Waals surface area (Å²) < 4.78 is 13.5. The molecule has 92 valence electrons. The predicted molar refractivity (Wildman–Crippen MR) is 71.1 cm³/mol. The summed E-state index contributed by atoms with van der Waals surface area (Å²) in [6.07, 6.45) is 8.05. The zero-order valence-electron chi connectivity index (χ0n) is 11.1. The lowest BCUT2D eigenvalue weighted by molar-refractivity contribution is 0.507. The fraction of sp³-hybridized carbons (Fsp3) is 0.600. The molecule has 0 aromatic heterocycles. The van der Waals surface area contributed by atoms with Crippen molar-refractivity contribution in [2.24, 2.45) is 5.92 Å². The summed E-state index contributed by atoms with van der Waals surface area (Å²) in [5.74, 6) is 0.235. The summed E-state index contributed by atoms with van der Waals surface area (Å²) in [5.41, 5.74) is 1.98. The highest BCUT2D eigenvalue weighted by Crippen LogP contribution is 2.28. The Bertz CT molecular complexity index is 267. The molecule has 0 spiro atoms. The maximum Gasteiger partial charge on any atom is 0.100 e. The van der Waals surface area contributed by atoms with Crippen LogP contribution in [0.1, 0.15) is 53.4 Å². The molecule has 0 aliphatic rings. The molecule has 0 aromatic carbocycles. The zero-order chi connectivity index (χ0) is 12.6. The Morgan fingerprint density at radius 1 is 1.38 bits per heavy atom. The summed E-state index contributed by atoms with van der Waals surface area (Å²) in [6.45, 7) is 11.6. The standard InChI is InChI=1S/C15H25F/c1-6-8-10-14(11-12(3)4)15(9-7-2)13(5)16/h7,9,14H,3,6,8,10-11H2,1-2,4-5H3/b9-7-,15-13-. The van der Waals surface area contributed by atoms with Crippen LogP contribution in [-0.2, 0) is 0 Å². The molecular formula is C15H25F. The summed E-state index contributed by atoms with van der Waals surface area (Å²) in [7, 11) is 0. The van der Waals surface area contributed by atoms with Crippen molar-refractivity contribution in [1.29, 1.82) is 0 Å². The smallest absolute Gasteiger partial charge is 0.100 e. The SMILES string of the molecule is C=C(C)CC(CCCC)C(/C=C\C)=C(/C)F. The van der Waals surface area contributed by atoms with Crippen molar-refractivity contribution in [3.05, 3.63) is 35.7 Å². The van der Waals surface area contributed by atoms with Gasteiger partial charge in [0.15, 0.2) is 0 Å². The average molecular weight is 224 g/mol. The number of hydrogen-bond acceptors (Lipinski definition) is 0. The van der Waals surface area contributed by atoms with Crippen LogP contribution >= 0.6 is 0 Å². The average Bonchev–Trinajstić information content (AvgIpc) is 2.20. The maximum absolute atomic E-state index is 13.5. The topological polar surface area (TPSA) is 0 Å². The lowest BCUT2D eigenvalue weighted by atomic mass is 9.87. The molecule has 0 saturated carbocycles. The van der Waals surface area contributed by atoms with E-state index in [2.05, 4.69) is 13.5 Å². The van der Waals surface area contributed by atoms with E-state index >= 15 is 0 Å². The molecule has 0 rings (SSSR count). The third-order valence-electron chi connectivity index (χ3n) is 2.68. The van der Waals surface area contributed by atoms with Crippen LogP contribution in [0.2, 0.25) is 0 Å². The number of hydrogen-bond donors (Lipinski definition) is 0. The van der Waals surface area contributed by atoms with Crippen LogP contribution in [-0.4, -0.2) is 0 Å². The normalized spacial score (nSPS) is 15.1. The quantitative estimate of drug-likeness (QED) is 0.391. The minimum Gasteiger partial charge on any atom is -0.212 e. The van der Waals surface area contributed by atoms with Gasteiger partial charge in [-0.3, -0.25) is 0 Å². The molecule has 16 heavy (non-hydrogen) atoms. The minimum absolute atomic E-state index is 0.0551. The number of halogens is 1. The van der Waals surface area contributed by atoms with Gasteiger partial charge in [0.1, 0.15) is 5.83 Å². The van der Waals surface area contributed by atoms with Gasteiger partial charge in [-0.1, -0.05) is 37.5 Å². The van der Waals surface area contributed by atoms with E-state index in [9.17, 15) is 4.39 Å². The highest BCUT2D eigenvalue weighted by atomic mass is 19.1. The van der Waals surface area contributed by atoms with Crippen LogP contribution in [0.5, 0.6) is 0 Å². The Labute approximate surface area is 99.9 Å². The third-order valence-corrected chi connectivity index (χ3v) is 2.68. The van der Waals surface area contributed by atoms with Gasteiger partial charge in [-0.15, -0.1) is 6.58 Å². The fourth-order valence-corrected chi connectivity index (χ4v) is 1.95. The zero-order valence-corrected chi connectivity index (χ0v) is 11.1. The second-order valence-corrected chi connectivity index (χ2v) is 4.49. The molecule has 1 unspecified atom stereocenters. The summed E-state index contributed by atoms with van der Waals surface area (Å²) in [4.78, 5) is 0. The largest absolute Gasteiger partial charge is 0.212 e. The maximum atomic E-state index is 13.5. The van der Waals surface area contributed by atoms with E-state index in [0.717, 1.165) is 36.8 Å². The molecule has 0 N–H and O–H groups in total. The first-order valence-electron chi connectivity index (χ1n) is 6.16. The number of allylic oxidation sites excluding steroid dienone is 5. The fourth-order valence-electron chi connectivity index (χ4n) is 1.95. The number of rotatable bonds is 7. The van der Waals surface area contributed by atoms with Crippen LogP contribution in [0.15, 0.2) is 35.7 Å². The molecule has 0 amide bonds. The van der Waals surface area contributed by atoms with Crippen molar-refractivity contribution in [2.45, 2.75) is 53.4 Å². The molecule has 0 nitrogen and oxygen atoms in total. The van der Waals surface area contributed by atoms with E-state index < -0.39 is 0 Å². The van der Waals surface area contributed by atoms with Crippen LogP contribution in [0.3, 0.4) is 0 Å². The van der Waals surface area contributed by atoms with Gasteiger partial charge in [-0.05, 0) is 45.1 Å². The molecule has 1 atom stereocenters. The van der Waals surface area contributed by atoms with Crippen LogP contribution < -0.4 is 0 Å². The van der Waals surface area contributed by atoms with E-state index in [0.29, 0.717) is 5.92 Å². The van der Waals surface area contributed by atoms with Gasteiger partial charge in [-0.25, -0.2) is 4.39 Å². The molecule has 0 aliphatic carbocycles. The molecule has 0 fully saturated rings. The second-order valence-electron chi connectivity index (χ2n) is 4.49. The van der Waals surface area contributed by atoms with E-state index in [1.54, 1.807) is 6.92 Å². The molecular weight excluding hydrogens is 199 g/mol. The first-order valence-corrected chi connectivity index (χ1v) is 6.16. The molecule has 0 bridgehead atoms. The van der Waals surface area contributed by atoms with Crippen molar-refractivity contribution < 1.29 is 4.39 Å². The molecule has 0 saturated heterocycles. The predicted octanol–water partition coefficient (Wildman–Crippen LogP) is 5.58. The monoisotopic (exact) mass is 224 g/mol. The second kappa shape index (κ2) is 8.32. The van der Waals surface area contributed by atoms with Gasteiger partial charge in [0, 0.05) is 0 Å². The van der Waals surface area contributed by atoms with Crippen LogP contribution in [0.25, 0.3) is 0 Å². The lowest BCUT2D eigenvalue weighted by Crippen LogP contribution is -2.05. The van der Waals surface area contributed by atoms with Crippen molar-refractivity contribution in [3.8, 4) is 0 Å². The van der Waals surface area contributed by atoms with E-state index in [-0.39, 0.29) is 5.83 Å². The van der Waals surface area contributed by atoms with Crippen molar-refractivity contribution in [3.63, 3.8) is 0 Å². The van der Waals surface area contributed by atoms with Crippen molar-refractivity contribution >= 4 is 0 Å². The van der Waals surface area contributed by atoms with Gasteiger partial charge in [-0.2, -0.15) is 0 Å². The highest BCUT2D eigenvalue weighted by Gasteiger charge is 2.14. The van der Waals surface area contributed by atoms with Crippen molar-refractivity contribution in [1.82, 2.24) is 0 Å².